The molecule has 2 unspecified atom stereocenters. The van der Waals surface area contributed by atoms with Crippen LogP contribution in [-0.4, -0.2) is 26.9 Å². The lowest BCUT2D eigenvalue weighted by atomic mass is 9.67. The molecule has 0 aliphatic heterocycles. The van der Waals surface area contributed by atoms with Crippen LogP contribution in [-0.2, 0) is 5.41 Å². The van der Waals surface area contributed by atoms with Crippen molar-refractivity contribution in [1.29, 1.82) is 0 Å². The molecule has 178 valence electrons. The highest BCUT2D eigenvalue weighted by Crippen LogP contribution is 2.51. The molecule has 2 aromatic heterocycles. The predicted molar refractivity (Wildman–Crippen MR) is 124 cm³/mol. The molecule has 0 spiro atoms. The summed E-state index contributed by atoms with van der Waals surface area (Å²) in [7, 11) is 0. The van der Waals surface area contributed by atoms with Crippen LogP contribution in [0.4, 0.5) is 17.6 Å². The third-order valence-electron chi connectivity index (χ3n) is 6.50. The topological polar surface area (TPSA) is 48.9 Å². The summed E-state index contributed by atoms with van der Waals surface area (Å²) in [5, 5.41) is 12.3. The number of hydrogen-bond donors (Lipinski definition) is 2. The number of halogens is 4. The van der Waals surface area contributed by atoms with E-state index in [2.05, 4.69) is 9.97 Å². The number of aromatic nitrogens is 2. The van der Waals surface area contributed by atoms with Gasteiger partial charge in [-0.2, -0.15) is 13.2 Å². The molecule has 7 heteroatoms. The van der Waals surface area contributed by atoms with Crippen molar-refractivity contribution in [1.82, 2.24) is 9.97 Å². The van der Waals surface area contributed by atoms with Crippen LogP contribution in [0.2, 0.25) is 0 Å². The standard InChI is InChI=1S/C27H26F4N2O/c1-17-9-10-20(28)14-21(17)25(2,3)16-26(34,27(29,30)31)24(18-7-5-4-6-8-18)22-13-19-11-12-32-15-23(19)33-22/h4-15,24,33-34H,16H2,1-3H3. The second-order valence-corrected chi connectivity index (χ2v) is 9.47. The number of nitrogens with one attached hydrogen (secondary N) is 1. The van der Waals surface area contributed by atoms with E-state index >= 15 is 0 Å². The SMILES string of the molecule is Cc1ccc(F)cc1C(C)(C)CC(O)(C(c1ccccc1)c1cc2ccncc2[nH]1)C(F)(F)F. The molecule has 4 rings (SSSR count). The van der Waals surface area contributed by atoms with Gasteiger partial charge in [0.1, 0.15) is 5.82 Å². The van der Waals surface area contributed by atoms with Crippen LogP contribution in [0.15, 0.2) is 73.1 Å². The van der Waals surface area contributed by atoms with Crippen molar-refractivity contribution in [2.45, 2.75) is 50.3 Å². The smallest absolute Gasteiger partial charge is 0.380 e. The Labute approximate surface area is 195 Å². The molecular formula is C27H26F4N2O. The molecule has 2 aromatic carbocycles. The lowest BCUT2D eigenvalue weighted by molar-refractivity contribution is -0.272. The minimum Gasteiger partial charge on any atom is -0.380 e. The first-order valence-electron chi connectivity index (χ1n) is 11.0. The normalized spacial score (nSPS) is 15.3. The first-order valence-corrected chi connectivity index (χ1v) is 11.0. The van der Waals surface area contributed by atoms with Crippen molar-refractivity contribution in [3.05, 3.63) is 101 Å². The van der Waals surface area contributed by atoms with E-state index < -0.39 is 35.3 Å². The van der Waals surface area contributed by atoms with Gasteiger partial charge >= 0.3 is 6.18 Å². The van der Waals surface area contributed by atoms with E-state index in [0.29, 0.717) is 27.6 Å². The molecule has 0 saturated heterocycles. The van der Waals surface area contributed by atoms with Gasteiger partial charge in [-0.1, -0.05) is 50.2 Å². The van der Waals surface area contributed by atoms with Crippen LogP contribution in [0.5, 0.6) is 0 Å². The Morgan fingerprint density at radius 2 is 1.71 bits per heavy atom. The highest BCUT2D eigenvalue weighted by atomic mass is 19.4. The lowest BCUT2D eigenvalue weighted by Crippen LogP contribution is -2.54. The Balaban J connectivity index is 1.91. The fourth-order valence-corrected chi connectivity index (χ4v) is 4.97. The van der Waals surface area contributed by atoms with Gasteiger partial charge in [0.2, 0.25) is 0 Å². The molecule has 0 radical (unpaired) electrons. The summed E-state index contributed by atoms with van der Waals surface area (Å²) in [6.45, 7) is 4.92. The zero-order chi connectivity index (χ0) is 24.7. The van der Waals surface area contributed by atoms with Crippen LogP contribution in [0.1, 0.15) is 48.6 Å². The molecule has 2 heterocycles. The summed E-state index contributed by atoms with van der Waals surface area (Å²) in [6, 6.07) is 15.5. The van der Waals surface area contributed by atoms with Gasteiger partial charge in [0.15, 0.2) is 5.60 Å². The zero-order valence-corrected chi connectivity index (χ0v) is 19.1. The molecule has 0 amide bonds. The maximum Gasteiger partial charge on any atom is 0.418 e. The number of pyridine rings is 1. The van der Waals surface area contributed by atoms with Gasteiger partial charge in [0.05, 0.1) is 17.6 Å². The molecule has 0 bridgehead atoms. The Hall–Kier alpha value is -3.19. The number of fused-ring (bicyclic) bond motifs is 1. The van der Waals surface area contributed by atoms with E-state index in [1.54, 1.807) is 75.5 Å². The van der Waals surface area contributed by atoms with E-state index in [4.69, 9.17) is 0 Å². The second-order valence-electron chi connectivity index (χ2n) is 9.47. The van der Waals surface area contributed by atoms with Crippen molar-refractivity contribution in [2.75, 3.05) is 0 Å². The zero-order valence-electron chi connectivity index (χ0n) is 19.1. The summed E-state index contributed by atoms with van der Waals surface area (Å²) in [4.78, 5) is 7.07. The fourth-order valence-electron chi connectivity index (χ4n) is 4.97. The predicted octanol–water partition coefficient (Wildman–Crippen LogP) is 6.80. The van der Waals surface area contributed by atoms with Gasteiger partial charge in [-0.15, -0.1) is 0 Å². The number of benzene rings is 2. The highest BCUT2D eigenvalue weighted by molar-refractivity contribution is 5.79. The number of nitrogens with zero attached hydrogens (tertiary/aromatic N) is 1. The summed E-state index contributed by atoms with van der Waals surface area (Å²) >= 11 is 0. The molecular weight excluding hydrogens is 444 g/mol. The van der Waals surface area contributed by atoms with Crippen LogP contribution in [0, 0.1) is 12.7 Å². The maximum atomic E-state index is 14.9. The third-order valence-corrected chi connectivity index (χ3v) is 6.50. The van der Waals surface area contributed by atoms with Crippen molar-refractivity contribution in [2.24, 2.45) is 0 Å². The van der Waals surface area contributed by atoms with Crippen molar-refractivity contribution < 1.29 is 22.7 Å². The molecule has 0 aliphatic rings. The number of alkyl halides is 3. The van der Waals surface area contributed by atoms with Gasteiger partial charge in [-0.3, -0.25) is 4.98 Å². The fraction of sp³-hybridized carbons (Fsp3) is 0.296. The molecule has 2 N–H and O–H groups in total. The van der Waals surface area contributed by atoms with Crippen LogP contribution >= 0.6 is 0 Å². The van der Waals surface area contributed by atoms with Gasteiger partial charge in [-0.05, 0) is 59.7 Å². The Morgan fingerprint density at radius 1 is 1.00 bits per heavy atom. The minimum absolute atomic E-state index is 0.223. The van der Waals surface area contributed by atoms with Gasteiger partial charge in [0, 0.05) is 17.3 Å². The summed E-state index contributed by atoms with van der Waals surface area (Å²) in [5.74, 6) is -1.99. The minimum atomic E-state index is -4.98. The first kappa shape index (κ1) is 24.0. The Morgan fingerprint density at radius 3 is 2.35 bits per heavy atom. The molecule has 4 aromatic rings. The van der Waals surface area contributed by atoms with Gasteiger partial charge < -0.3 is 10.1 Å². The molecule has 3 nitrogen and oxygen atoms in total. The van der Waals surface area contributed by atoms with Crippen molar-refractivity contribution in [3.8, 4) is 0 Å². The van der Waals surface area contributed by atoms with E-state index in [1.165, 1.54) is 18.3 Å². The average molecular weight is 471 g/mol. The Bertz CT molecular complexity index is 1260. The molecule has 0 saturated carbocycles. The van der Waals surface area contributed by atoms with Crippen molar-refractivity contribution >= 4 is 10.9 Å². The third kappa shape index (κ3) is 4.32. The van der Waals surface area contributed by atoms with Crippen LogP contribution < -0.4 is 0 Å². The number of aryl methyl sites for hydroxylation is 1. The van der Waals surface area contributed by atoms with E-state index in [9.17, 15) is 22.7 Å². The maximum absolute atomic E-state index is 14.9. The number of hydrogen-bond acceptors (Lipinski definition) is 2. The number of aliphatic hydroxyl groups is 1. The number of aromatic amines is 1. The molecule has 2 atom stereocenters. The highest BCUT2D eigenvalue weighted by Gasteiger charge is 2.61. The first-order chi connectivity index (χ1) is 15.9. The summed E-state index contributed by atoms with van der Waals surface area (Å²) in [6.07, 6.45) is -2.57. The molecule has 34 heavy (non-hydrogen) atoms. The van der Waals surface area contributed by atoms with Gasteiger partial charge in [-0.25, -0.2) is 4.39 Å². The average Bonchev–Trinajstić information content (AvgIpc) is 3.18. The summed E-state index contributed by atoms with van der Waals surface area (Å²) < 4.78 is 58.6. The quantitative estimate of drug-likeness (QED) is 0.304. The lowest BCUT2D eigenvalue weighted by Gasteiger charge is -2.43. The van der Waals surface area contributed by atoms with E-state index in [0.717, 1.165) is 0 Å². The van der Waals surface area contributed by atoms with Gasteiger partial charge in [0.25, 0.3) is 0 Å². The summed E-state index contributed by atoms with van der Waals surface area (Å²) in [5.41, 5.74) is -2.17. The molecule has 0 fully saturated rings. The van der Waals surface area contributed by atoms with E-state index in [1.807, 2.05) is 0 Å². The Kier molecular flexibility index (Phi) is 6.02. The monoisotopic (exact) mass is 470 g/mol. The van der Waals surface area contributed by atoms with Crippen LogP contribution in [0.25, 0.3) is 10.9 Å². The van der Waals surface area contributed by atoms with Crippen molar-refractivity contribution in [3.63, 3.8) is 0 Å². The number of rotatable bonds is 6. The van der Waals surface area contributed by atoms with E-state index in [-0.39, 0.29) is 5.69 Å². The second kappa shape index (κ2) is 8.55. The van der Waals surface area contributed by atoms with Crippen LogP contribution in [0.3, 0.4) is 0 Å². The number of H-pyrrole nitrogens is 1. The largest absolute Gasteiger partial charge is 0.418 e. The molecule has 0 aliphatic carbocycles.